The molecule has 0 radical (unpaired) electrons. The van der Waals surface area contributed by atoms with Gasteiger partial charge in [0.05, 0.1) is 11.1 Å². The zero-order valence-electron chi connectivity index (χ0n) is 13.8. The van der Waals surface area contributed by atoms with Crippen LogP contribution in [-0.4, -0.2) is 9.78 Å². The van der Waals surface area contributed by atoms with Crippen molar-refractivity contribution >= 4 is 0 Å². The van der Waals surface area contributed by atoms with Crippen LogP contribution >= 0.6 is 0 Å². The maximum Gasteiger partial charge on any atom is 0.275 e. The molecule has 1 heterocycles. The van der Waals surface area contributed by atoms with E-state index in [1.807, 2.05) is 32.9 Å². The number of hydrogen-bond acceptors (Lipinski definition) is 1. The molecular formula is C18H26N2O. The van der Waals surface area contributed by atoms with Gasteiger partial charge < -0.3 is 0 Å². The SMILES string of the molecule is CCCCc1[nH]n(C(C)(C)C)c(=O)c1-c1ccc(C)cc1. The van der Waals surface area contributed by atoms with Crippen molar-refractivity contribution in [2.45, 2.75) is 59.4 Å². The van der Waals surface area contributed by atoms with Crippen molar-refractivity contribution in [3.63, 3.8) is 0 Å². The van der Waals surface area contributed by atoms with E-state index in [0.29, 0.717) is 0 Å². The summed E-state index contributed by atoms with van der Waals surface area (Å²) in [6.07, 6.45) is 3.12. The number of aromatic amines is 1. The lowest BCUT2D eigenvalue weighted by Crippen LogP contribution is -2.32. The van der Waals surface area contributed by atoms with Crippen LogP contribution in [0.15, 0.2) is 29.1 Å². The summed E-state index contributed by atoms with van der Waals surface area (Å²) < 4.78 is 1.76. The predicted octanol–water partition coefficient (Wildman–Crippen LogP) is 4.25. The van der Waals surface area contributed by atoms with Crippen LogP contribution in [0.1, 0.15) is 51.8 Å². The highest BCUT2D eigenvalue weighted by molar-refractivity contribution is 5.65. The van der Waals surface area contributed by atoms with Crippen molar-refractivity contribution in [3.8, 4) is 11.1 Å². The highest BCUT2D eigenvalue weighted by Gasteiger charge is 2.22. The number of nitrogens with zero attached hydrogens (tertiary/aromatic N) is 1. The molecular weight excluding hydrogens is 260 g/mol. The van der Waals surface area contributed by atoms with Crippen molar-refractivity contribution in [2.24, 2.45) is 0 Å². The van der Waals surface area contributed by atoms with Gasteiger partial charge in [-0.2, -0.15) is 0 Å². The summed E-state index contributed by atoms with van der Waals surface area (Å²) in [5.74, 6) is 0. The summed E-state index contributed by atoms with van der Waals surface area (Å²) in [6.45, 7) is 10.4. The first-order valence-electron chi connectivity index (χ1n) is 7.76. The van der Waals surface area contributed by atoms with E-state index >= 15 is 0 Å². The zero-order valence-corrected chi connectivity index (χ0v) is 13.8. The normalized spacial score (nSPS) is 11.9. The largest absolute Gasteiger partial charge is 0.299 e. The van der Waals surface area contributed by atoms with E-state index in [4.69, 9.17) is 0 Å². The Morgan fingerprint density at radius 3 is 2.29 bits per heavy atom. The van der Waals surface area contributed by atoms with Crippen molar-refractivity contribution < 1.29 is 0 Å². The minimum Gasteiger partial charge on any atom is -0.299 e. The molecule has 1 aromatic heterocycles. The fourth-order valence-corrected chi connectivity index (χ4v) is 2.51. The van der Waals surface area contributed by atoms with Crippen molar-refractivity contribution in [1.29, 1.82) is 0 Å². The van der Waals surface area contributed by atoms with Crippen LogP contribution in [-0.2, 0) is 12.0 Å². The molecule has 0 saturated carbocycles. The maximum absolute atomic E-state index is 12.8. The molecule has 0 aliphatic carbocycles. The van der Waals surface area contributed by atoms with E-state index in [9.17, 15) is 4.79 Å². The van der Waals surface area contributed by atoms with E-state index in [0.717, 1.165) is 36.1 Å². The third-order valence-corrected chi connectivity index (χ3v) is 3.76. The second kappa shape index (κ2) is 5.92. The van der Waals surface area contributed by atoms with Gasteiger partial charge in [0, 0.05) is 5.69 Å². The van der Waals surface area contributed by atoms with E-state index in [1.165, 1.54) is 5.56 Å². The van der Waals surface area contributed by atoms with Gasteiger partial charge >= 0.3 is 0 Å². The third-order valence-electron chi connectivity index (χ3n) is 3.76. The average Bonchev–Trinajstić information content (AvgIpc) is 2.74. The van der Waals surface area contributed by atoms with Gasteiger partial charge in [0.25, 0.3) is 5.56 Å². The standard InChI is InChI=1S/C18H26N2O/c1-6-7-8-15-16(14-11-9-13(2)10-12-14)17(21)20(19-15)18(3,4)5/h9-12,19H,6-8H2,1-5H3. The second-order valence-corrected chi connectivity index (χ2v) is 6.75. The molecule has 0 atom stereocenters. The Morgan fingerprint density at radius 2 is 1.76 bits per heavy atom. The van der Waals surface area contributed by atoms with Crippen LogP contribution < -0.4 is 5.56 Å². The first kappa shape index (κ1) is 15.6. The van der Waals surface area contributed by atoms with Crippen LogP contribution in [0, 0.1) is 6.92 Å². The molecule has 2 rings (SSSR count). The third kappa shape index (κ3) is 3.29. The molecule has 0 aliphatic heterocycles. The summed E-state index contributed by atoms with van der Waals surface area (Å²) >= 11 is 0. The minimum atomic E-state index is -0.235. The lowest BCUT2D eigenvalue weighted by Gasteiger charge is -2.19. The number of benzene rings is 1. The zero-order chi connectivity index (χ0) is 15.6. The topological polar surface area (TPSA) is 37.8 Å². The van der Waals surface area contributed by atoms with Gasteiger partial charge in [0.2, 0.25) is 0 Å². The predicted molar refractivity (Wildman–Crippen MR) is 88.8 cm³/mol. The highest BCUT2D eigenvalue weighted by Crippen LogP contribution is 2.23. The smallest absolute Gasteiger partial charge is 0.275 e. The molecule has 0 spiro atoms. The van der Waals surface area contributed by atoms with Crippen LogP contribution in [0.3, 0.4) is 0 Å². The lowest BCUT2D eigenvalue weighted by atomic mass is 10.0. The molecule has 1 N–H and O–H groups in total. The monoisotopic (exact) mass is 286 g/mol. The van der Waals surface area contributed by atoms with E-state index in [-0.39, 0.29) is 11.1 Å². The molecule has 2 aromatic rings. The molecule has 21 heavy (non-hydrogen) atoms. The van der Waals surface area contributed by atoms with Crippen LogP contribution in [0.5, 0.6) is 0 Å². The van der Waals surface area contributed by atoms with Gasteiger partial charge in [0.1, 0.15) is 0 Å². The van der Waals surface area contributed by atoms with Crippen LogP contribution in [0.4, 0.5) is 0 Å². The Kier molecular flexibility index (Phi) is 4.40. The summed E-state index contributed by atoms with van der Waals surface area (Å²) in [5.41, 5.74) is 3.95. The number of nitrogens with one attached hydrogen (secondary N) is 1. The second-order valence-electron chi connectivity index (χ2n) is 6.75. The molecule has 0 saturated heterocycles. The quantitative estimate of drug-likeness (QED) is 0.896. The summed E-state index contributed by atoms with van der Waals surface area (Å²) in [6, 6.07) is 8.21. The molecule has 0 fully saturated rings. The number of aromatic nitrogens is 2. The minimum absolute atomic E-state index is 0.0810. The summed E-state index contributed by atoms with van der Waals surface area (Å²) in [5, 5.41) is 3.34. The first-order valence-corrected chi connectivity index (χ1v) is 7.76. The Hall–Kier alpha value is -1.77. The summed E-state index contributed by atoms with van der Waals surface area (Å²) in [7, 11) is 0. The van der Waals surface area contributed by atoms with Crippen molar-refractivity contribution in [2.75, 3.05) is 0 Å². The van der Waals surface area contributed by atoms with Crippen LogP contribution in [0.25, 0.3) is 11.1 Å². The number of unbranched alkanes of at least 4 members (excludes halogenated alkanes) is 1. The number of rotatable bonds is 4. The molecule has 0 aliphatic rings. The fraction of sp³-hybridized carbons (Fsp3) is 0.500. The Bertz CT molecular complexity index is 654. The molecule has 3 nitrogen and oxygen atoms in total. The number of aryl methyl sites for hydroxylation is 2. The van der Waals surface area contributed by atoms with E-state index in [2.05, 4.69) is 31.1 Å². The van der Waals surface area contributed by atoms with Crippen LogP contribution in [0.2, 0.25) is 0 Å². The fourth-order valence-electron chi connectivity index (χ4n) is 2.51. The molecule has 1 aromatic carbocycles. The highest BCUT2D eigenvalue weighted by atomic mass is 16.1. The molecule has 3 heteroatoms. The van der Waals surface area contributed by atoms with Gasteiger partial charge in [-0.05, 0) is 46.1 Å². The van der Waals surface area contributed by atoms with Crippen molar-refractivity contribution in [1.82, 2.24) is 9.78 Å². The molecule has 0 unspecified atom stereocenters. The van der Waals surface area contributed by atoms with Gasteiger partial charge in [-0.25, -0.2) is 4.68 Å². The lowest BCUT2D eigenvalue weighted by molar-refractivity contribution is 0.343. The molecule has 114 valence electrons. The number of hydrogen-bond donors (Lipinski definition) is 1. The van der Waals surface area contributed by atoms with Gasteiger partial charge in [-0.15, -0.1) is 0 Å². The van der Waals surface area contributed by atoms with E-state index in [1.54, 1.807) is 4.68 Å². The maximum atomic E-state index is 12.8. The van der Waals surface area contributed by atoms with Gasteiger partial charge in [-0.3, -0.25) is 9.89 Å². The Morgan fingerprint density at radius 1 is 1.14 bits per heavy atom. The Labute approximate surface area is 127 Å². The van der Waals surface area contributed by atoms with Gasteiger partial charge in [-0.1, -0.05) is 43.2 Å². The molecule has 0 amide bonds. The van der Waals surface area contributed by atoms with Gasteiger partial charge in [0.15, 0.2) is 0 Å². The summed E-state index contributed by atoms with van der Waals surface area (Å²) in [4.78, 5) is 12.8. The molecule has 0 bridgehead atoms. The van der Waals surface area contributed by atoms with Crippen molar-refractivity contribution in [3.05, 3.63) is 45.9 Å². The first-order chi connectivity index (χ1) is 9.84. The Balaban J connectivity index is 2.59. The average molecular weight is 286 g/mol. The number of H-pyrrole nitrogens is 1. The van der Waals surface area contributed by atoms with E-state index < -0.39 is 0 Å².